The van der Waals surface area contributed by atoms with Gasteiger partial charge in [-0.1, -0.05) is 168 Å². The summed E-state index contributed by atoms with van der Waals surface area (Å²) in [6, 6.07) is 1.15. The molecule has 0 unspecified atom stereocenters. The Balaban J connectivity index is 3.96. The van der Waals surface area contributed by atoms with Gasteiger partial charge >= 0.3 is 9.28 Å². The molecule has 0 aromatic rings. The van der Waals surface area contributed by atoms with E-state index in [4.69, 9.17) is 8.85 Å². The van der Waals surface area contributed by atoms with Crippen molar-refractivity contribution in [2.45, 2.75) is 206 Å². The van der Waals surface area contributed by atoms with Crippen LogP contribution in [0, 0.1) is 0 Å². The molecular formula is C38H82NO2Si+. The molecule has 0 spiro atoms. The molecule has 42 heavy (non-hydrogen) atoms. The summed E-state index contributed by atoms with van der Waals surface area (Å²) in [7, 11) is 4.78. The molecule has 0 heterocycles. The lowest BCUT2D eigenvalue weighted by molar-refractivity contribution is -0.910. The minimum absolute atomic E-state index is 1.15. The van der Waals surface area contributed by atoms with Crippen LogP contribution in [-0.4, -0.2) is 54.7 Å². The van der Waals surface area contributed by atoms with Gasteiger partial charge in [0.1, 0.15) is 0 Å². The first-order valence-electron chi connectivity index (χ1n) is 19.5. The molecular weight excluding hydrogens is 531 g/mol. The number of rotatable bonds is 36. The van der Waals surface area contributed by atoms with Gasteiger partial charge in [0.2, 0.25) is 0 Å². The molecule has 0 aliphatic carbocycles. The van der Waals surface area contributed by atoms with Crippen molar-refractivity contribution in [3.8, 4) is 0 Å². The smallest absolute Gasteiger partial charge is 0.321 e. The molecule has 0 radical (unpaired) electrons. The monoisotopic (exact) mass is 613 g/mol. The Bertz CT molecular complexity index is 467. The van der Waals surface area contributed by atoms with Crippen LogP contribution in [0.25, 0.3) is 0 Å². The SMILES string of the molecule is CCCCCCCCCCCCCCCC[N+](C)(CCCCCCCCCCCCCCCC)CCC[SiH](OC)OC. The average Bonchev–Trinajstić information content (AvgIpc) is 2.99. The van der Waals surface area contributed by atoms with Crippen LogP contribution in [0.3, 0.4) is 0 Å². The van der Waals surface area contributed by atoms with E-state index in [0.29, 0.717) is 0 Å². The van der Waals surface area contributed by atoms with Crippen molar-refractivity contribution < 1.29 is 13.3 Å². The highest BCUT2D eigenvalue weighted by molar-refractivity contribution is 6.44. The summed E-state index contributed by atoms with van der Waals surface area (Å²) in [5.74, 6) is 0. The van der Waals surface area contributed by atoms with Crippen molar-refractivity contribution in [1.82, 2.24) is 0 Å². The molecule has 0 saturated carbocycles. The quantitative estimate of drug-likeness (QED) is 0.0398. The second-order valence-electron chi connectivity index (χ2n) is 14.0. The van der Waals surface area contributed by atoms with E-state index in [1.54, 1.807) is 0 Å². The van der Waals surface area contributed by atoms with Crippen LogP contribution in [0.1, 0.15) is 200 Å². The number of unbranched alkanes of at least 4 members (excludes halogenated alkanes) is 26. The maximum absolute atomic E-state index is 5.60. The predicted octanol–water partition coefficient (Wildman–Crippen LogP) is 12.3. The number of quaternary nitrogens is 1. The van der Waals surface area contributed by atoms with Gasteiger partial charge in [0.05, 0.1) is 26.7 Å². The van der Waals surface area contributed by atoms with Crippen molar-refractivity contribution in [3.63, 3.8) is 0 Å². The normalized spacial score (nSPS) is 12.1. The Morgan fingerprint density at radius 2 is 0.595 bits per heavy atom. The van der Waals surface area contributed by atoms with Gasteiger partial charge in [-0.25, -0.2) is 0 Å². The van der Waals surface area contributed by atoms with Gasteiger partial charge in [0.15, 0.2) is 0 Å². The van der Waals surface area contributed by atoms with Gasteiger partial charge in [-0.3, -0.25) is 0 Å². The largest absolute Gasteiger partial charge is 0.400 e. The highest BCUT2D eigenvalue weighted by Gasteiger charge is 2.22. The number of nitrogens with zero attached hydrogens (tertiary/aromatic N) is 1. The van der Waals surface area contributed by atoms with Crippen LogP contribution in [0.15, 0.2) is 0 Å². The van der Waals surface area contributed by atoms with Gasteiger partial charge in [-0.2, -0.15) is 0 Å². The van der Waals surface area contributed by atoms with E-state index < -0.39 is 9.28 Å². The van der Waals surface area contributed by atoms with E-state index in [1.165, 1.54) is 210 Å². The summed E-state index contributed by atoms with van der Waals surface area (Å²) in [6.07, 6.45) is 41.7. The van der Waals surface area contributed by atoms with Crippen LogP contribution in [-0.2, 0) is 8.85 Å². The second-order valence-corrected chi connectivity index (χ2v) is 16.4. The summed E-state index contributed by atoms with van der Waals surface area (Å²) in [6.45, 7) is 8.64. The van der Waals surface area contributed by atoms with E-state index >= 15 is 0 Å². The Morgan fingerprint density at radius 1 is 0.357 bits per heavy atom. The number of hydrogen-bond acceptors (Lipinski definition) is 2. The van der Waals surface area contributed by atoms with Crippen molar-refractivity contribution in [2.24, 2.45) is 0 Å². The lowest BCUT2D eigenvalue weighted by atomic mass is 10.0. The fourth-order valence-corrected chi connectivity index (χ4v) is 7.86. The lowest BCUT2D eigenvalue weighted by Gasteiger charge is -2.35. The van der Waals surface area contributed by atoms with E-state index in [2.05, 4.69) is 20.9 Å². The minimum Gasteiger partial charge on any atom is -0.400 e. The van der Waals surface area contributed by atoms with Gasteiger partial charge in [0.25, 0.3) is 0 Å². The maximum atomic E-state index is 5.60. The summed E-state index contributed by atoms with van der Waals surface area (Å²) in [5, 5.41) is 0. The Labute approximate surface area is 269 Å². The van der Waals surface area contributed by atoms with E-state index in [1.807, 2.05) is 14.2 Å². The van der Waals surface area contributed by atoms with E-state index in [-0.39, 0.29) is 0 Å². The summed E-state index contributed by atoms with van der Waals surface area (Å²) in [4.78, 5) is 0. The molecule has 0 atom stereocenters. The topological polar surface area (TPSA) is 18.5 Å². The molecule has 0 aromatic heterocycles. The molecule has 0 rings (SSSR count). The fraction of sp³-hybridized carbons (Fsp3) is 1.00. The van der Waals surface area contributed by atoms with Crippen LogP contribution in [0.4, 0.5) is 0 Å². The Kier molecular flexibility index (Phi) is 34.1. The van der Waals surface area contributed by atoms with Crippen molar-refractivity contribution in [2.75, 3.05) is 40.9 Å². The molecule has 0 aliphatic rings. The zero-order valence-electron chi connectivity index (χ0n) is 30.2. The first kappa shape index (κ1) is 42.1. The molecule has 0 aromatic carbocycles. The Morgan fingerprint density at radius 3 is 0.857 bits per heavy atom. The fourth-order valence-electron chi connectivity index (χ4n) is 6.68. The van der Waals surface area contributed by atoms with Crippen molar-refractivity contribution >= 4 is 9.28 Å². The van der Waals surface area contributed by atoms with Gasteiger partial charge < -0.3 is 13.3 Å². The van der Waals surface area contributed by atoms with Gasteiger partial charge in [-0.15, -0.1) is 0 Å². The molecule has 254 valence electrons. The molecule has 0 N–H and O–H groups in total. The van der Waals surface area contributed by atoms with Gasteiger partial charge in [-0.05, 0) is 38.1 Å². The summed E-state index contributed by atoms with van der Waals surface area (Å²) < 4.78 is 12.5. The standard InChI is InChI=1S/C38H82NO2Si/c1-6-8-10-12-14-16-18-20-22-24-26-28-30-32-35-39(3,37-34-38-42(40-4)41-5)36-33-31-29-27-25-23-21-19-17-15-13-11-9-7-2/h42H,6-38H2,1-5H3/q+1. The highest BCUT2D eigenvalue weighted by atomic mass is 28.3. The maximum Gasteiger partial charge on any atom is 0.321 e. The molecule has 0 saturated heterocycles. The summed E-state index contributed by atoms with van der Waals surface area (Å²) >= 11 is 0. The van der Waals surface area contributed by atoms with Crippen molar-refractivity contribution in [1.29, 1.82) is 0 Å². The first-order chi connectivity index (χ1) is 20.6. The molecule has 0 fully saturated rings. The third-order valence-electron chi connectivity index (χ3n) is 9.77. The Hall–Kier alpha value is 0.0969. The predicted molar refractivity (Wildman–Crippen MR) is 192 cm³/mol. The van der Waals surface area contributed by atoms with Crippen LogP contribution in [0.2, 0.25) is 6.04 Å². The third-order valence-corrected chi connectivity index (χ3v) is 11.7. The van der Waals surface area contributed by atoms with Crippen LogP contribution < -0.4 is 0 Å². The molecule has 0 amide bonds. The van der Waals surface area contributed by atoms with Crippen molar-refractivity contribution in [3.05, 3.63) is 0 Å². The zero-order valence-corrected chi connectivity index (χ0v) is 31.3. The molecule has 0 aliphatic heterocycles. The zero-order chi connectivity index (χ0) is 30.8. The lowest BCUT2D eigenvalue weighted by Crippen LogP contribution is -2.46. The number of hydrogen-bond donors (Lipinski definition) is 0. The first-order valence-corrected chi connectivity index (χ1v) is 21.3. The highest BCUT2D eigenvalue weighted by Crippen LogP contribution is 2.18. The minimum atomic E-state index is -1.42. The second kappa shape index (κ2) is 34.0. The average molecular weight is 613 g/mol. The van der Waals surface area contributed by atoms with E-state index in [9.17, 15) is 0 Å². The van der Waals surface area contributed by atoms with Gasteiger partial charge in [0, 0.05) is 14.2 Å². The molecule has 4 heteroatoms. The molecule has 0 bridgehead atoms. The van der Waals surface area contributed by atoms with Crippen LogP contribution >= 0.6 is 0 Å². The van der Waals surface area contributed by atoms with Crippen LogP contribution in [0.5, 0.6) is 0 Å². The third kappa shape index (κ3) is 30.1. The summed E-state index contributed by atoms with van der Waals surface area (Å²) in [5.41, 5.74) is 0. The van der Waals surface area contributed by atoms with E-state index in [0.717, 1.165) is 6.04 Å². The molecule has 3 nitrogen and oxygen atoms in total.